The second-order valence-electron chi connectivity index (χ2n) is 18.5. The number of phenols is 2. The zero-order valence-electron chi connectivity index (χ0n) is 30.8. The maximum Gasteiger partial charge on any atom is 0.160 e. The first kappa shape index (κ1) is 36.0. The average Bonchev–Trinajstić information content (AvgIpc) is 3.39. The molecule has 51 heavy (non-hydrogen) atoms. The van der Waals surface area contributed by atoms with Gasteiger partial charge in [0.05, 0.1) is 35.1 Å². The largest absolute Gasteiger partial charge is 0.508 e. The molecule has 282 valence electrons. The Morgan fingerprint density at radius 2 is 1.73 bits per heavy atom. The van der Waals surface area contributed by atoms with Crippen molar-refractivity contribution in [1.82, 2.24) is 0 Å². The number of carbonyl (C=O) groups is 1. The molecular formula is C41H58O10. The van der Waals surface area contributed by atoms with Crippen LogP contribution in [0.1, 0.15) is 109 Å². The molecule has 15 unspecified atom stereocenters. The number of aromatic hydroxyl groups is 2. The van der Waals surface area contributed by atoms with Gasteiger partial charge in [-0.25, -0.2) is 0 Å². The van der Waals surface area contributed by atoms with E-state index in [2.05, 4.69) is 13.8 Å². The molecule has 5 fully saturated rings. The zero-order chi connectivity index (χ0) is 36.7. The summed E-state index contributed by atoms with van der Waals surface area (Å²) in [6.45, 7) is 10.2. The minimum absolute atomic E-state index is 0.0655. The summed E-state index contributed by atoms with van der Waals surface area (Å²) in [6.07, 6.45) is 4.58. The van der Waals surface area contributed by atoms with Gasteiger partial charge in [-0.3, -0.25) is 4.79 Å². The summed E-state index contributed by atoms with van der Waals surface area (Å²) in [5, 5.41) is 81.4. The number of fused-ring (bicyclic) bond motifs is 11. The Labute approximate surface area is 300 Å². The van der Waals surface area contributed by atoms with Crippen molar-refractivity contribution in [2.24, 2.45) is 40.4 Å². The number of carbonyl (C=O) groups excluding carboxylic acids is 1. The minimum atomic E-state index is -1.46. The van der Waals surface area contributed by atoms with Gasteiger partial charge in [0.1, 0.15) is 17.1 Å². The summed E-state index contributed by atoms with van der Waals surface area (Å²) < 4.78 is 13.3. The van der Waals surface area contributed by atoms with Gasteiger partial charge in [-0.2, -0.15) is 0 Å². The number of aliphatic hydroxyl groups excluding tert-OH is 2. The Hall–Kier alpha value is -2.05. The fourth-order valence-corrected chi connectivity index (χ4v) is 13.6. The molecule has 10 heteroatoms. The number of ketones is 1. The van der Waals surface area contributed by atoms with E-state index in [1.165, 1.54) is 6.07 Å². The van der Waals surface area contributed by atoms with Crippen LogP contribution in [0, 0.1) is 40.4 Å². The third-order valence-electron chi connectivity index (χ3n) is 16.4. The van der Waals surface area contributed by atoms with Crippen LogP contribution in [0.5, 0.6) is 11.5 Å². The molecular weight excluding hydrogens is 652 g/mol. The van der Waals surface area contributed by atoms with Gasteiger partial charge >= 0.3 is 0 Å². The number of hydrogen-bond acceptors (Lipinski definition) is 10. The van der Waals surface area contributed by atoms with Crippen molar-refractivity contribution in [3.63, 3.8) is 0 Å². The molecule has 8 rings (SSSR count). The lowest BCUT2D eigenvalue weighted by Gasteiger charge is -2.65. The van der Waals surface area contributed by atoms with Crippen LogP contribution in [0.25, 0.3) is 0 Å². The SMILES string of the molecule is CC1CCCC2(OC3CC4(O)C5=CC(=O)C6C7c8cc(O)cc(O)c8CCC7(O)C(OCCCO)CC6(C)C5CCC4(C)C3C2(C)O)C(O)C1C. The predicted octanol–water partition coefficient (Wildman–Crippen LogP) is 4.03. The van der Waals surface area contributed by atoms with Crippen LogP contribution in [0.15, 0.2) is 23.8 Å². The maximum atomic E-state index is 14.8. The van der Waals surface area contributed by atoms with Gasteiger partial charge in [0, 0.05) is 48.9 Å². The van der Waals surface area contributed by atoms with Crippen molar-refractivity contribution >= 4 is 5.78 Å². The molecule has 6 aliphatic carbocycles. The summed E-state index contributed by atoms with van der Waals surface area (Å²) in [5.74, 6) is -2.44. The standard InChI is InChI=1S/C41H58O10/c1-21-8-6-11-41(35(46)22(21)2)38(5,47)34-30(51-41)19-40(49)27-18-29(45)33-32-25-16-23(43)17-28(44)24(25)9-13-39(32,48)31(50-15-7-14-42)20-36(33,3)26(27)10-12-37(34,40)4/h16-18,21-22,26,30-35,42-44,46-49H,6-15,19-20H2,1-5H3. The molecule has 1 spiro atoms. The summed E-state index contributed by atoms with van der Waals surface area (Å²) in [6, 6.07) is 2.86. The molecule has 7 aliphatic rings. The quantitative estimate of drug-likeness (QED) is 0.226. The van der Waals surface area contributed by atoms with Gasteiger partial charge < -0.3 is 45.2 Å². The van der Waals surface area contributed by atoms with Crippen LogP contribution in [0.4, 0.5) is 0 Å². The second kappa shape index (κ2) is 11.5. The van der Waals surface area contributed by atoms with Gasteiger partial charge in [-0.15, -0.1) is 0 Å². The Balaban J connectivity index is 1.22. The van der Waals surface area contributed by atoms with E-state index in [1.807, 2.05) is 13.8 Å². The molecule has 10 nitrogen and oxygen atoms in total. The van der Waals surface area contributed by atoms with Crippen LogP contribution < -0.4 is 0 Å². The first-order chi connectivity index (χ1) is 23.9. The number of rotatable bonds is 4. The van der Waals surface area contributed by atoms with Crippen molar-refractivity contribution in [1.29, 1.82) is 0 Å². The van der Waals surface area contributed by atoms with E-state index in [4.69, 9.17) is 9.47 Å². The van der Waals surface area contributed by atoms with Crippen molar-refractivity contribution in [2.75, 3.05) is 13.2 Å². The highest BCUT2D eigenvalue weighted by Gasteiger charge is 2.79. The highest BCUT2D eigenvalue weighted by Crippen LogP contribution is 2.74. The van der Waals surface area contributed by atoms with E-state index in [1.54, 1.807) is 19.1 Å². The highest BCUT2D eigenvalue weighted by molar-refractivity contribution is 5.96. The van der Waals surface area contributed by atoms with E-state index >= 15 is 0 Å². The number of allylic oxidation sites excluding steroid dienone is 1. The topological polar surface area (TPSA) is 177 Å². The van der Waals surface area contributed by atoms with E-state index in [0.29, 0.717) is 55.2 Å². The minimum Gasteiger partial charge on any atom is -0.508 e. The first-order valence-electron chi connectivity index (χ1n) is 19.5. The Bertz CT molecular complexity index is 1640. The summed E-state index contributed by atoms with van der Waals surface area (Å²) >= 11 is 0. The Morgan fingerprint density at radius 1 is 0.980 bits per heavy atom. The lowest BCUT2D eigenvalue weighted by molar-refractivity contribution is -0.227. The van der Waals surface area contributed by atoms with E-state index in [9.17, 15) is 40.5 Å². The Kier molecular flexibility index (Phi) is 8.09. The monoisotopic (exact) mass is 710 g/mol. The van der Waals surface area contributed by atoms with E-state index in [0.717, 1.165) is 12.8 Å². The molecule has 0 bridgehead atoms. The van der Waals surface area contributed by atoms with Crippen molar-refractivity contribution < 1.29 is 50.0 Å². The van der Waals surface area contributed by atoms with Gasteiger partial charge in [0.15, 0.2) is 5.78 Å². The van der Waals surface area contributed by atoms with E-state index < -0.39 is 69.3 Å². The molecule has 0 aromatic heterocycles. The van der Waals surface area contributed by atoms with Gasteiger partial charge in [0.2, 0.25) is 0 Å². The van der Waals surface area contributed by atoms with Gasteiger partial charge in [0.25, 0.3) is 0 Å². The molecule has 15 atom stereocenters. The van der Waals surface area contributed by atoms with Crippen LogP contribution in [0.2, 0.25) is 0 Å². The molecule has 1 heterocycles. The molecule has 1 aromatic carbocycles. The Morgan fingerprint density at radius 3 is 2.45 bits per heavy atom. The second-order valence-corrected chi connectivity index (χ2v) is 18.5. The molecule has 0 radical (unpaired) electrons. The molecule has 1 aliphatic heterocycles. The summed E-state index contributed by atoms with van der Waals surface area (Å²) in [7, 11) is 0. The number of aliphatic hydroxyl groups is 5. The predicted molar refractivity (Wildman–Crippen MR) is 187 cm³/mol. The van der Waals surface area contributed by atoms with Crippen molar-refractivity contribution in [3.05, 3.63) is 34.9 Å². The molecule has 7 N–H and O–H groups in total. The van der Waals surface area contributed by atoms with Gasteiger partial charge in [-0.05, 0) is 104 Å². The number of phenolic OH excluding ortho intramolecular Hbond substituents is 2. The van der Waals surface area contributed by atoms with Crippen LogP contribution in [0.3, 0.4) is 0 Å². The van der Waals surface area contributed by atoms with Crippen LogP contribution in [-0.4, -0.2) is 95.5 Å². The lowest BCUT2D eigenvalue weighted by atomic mass is 9.41. The lowest BCUT2D eigenvalue weighted by Crippen LogP contribution is -2.68. The van der Waals surface area contributed by atoms with Gasteiger partial charge in [-0.1, -0.05) is 40.5 Å². The summed E-state index contributed by atoms with van der Waals surface area (Å²) in [4.78, 5) is 14.8. The molecule has 0 amide bonds. The number of ether oxygens (including phenoxy) is 2. The van der Waals surface area contributed by atoms with Crippen LogP contribution >= 0.6 is 0 Å². The summed E-state index contributed by atoms with van der Waals surface area (Å²) in [5.41, 5.74) is -5.33. The number of benzene rings is 1. The fraction of sp³-hybridized carbons (Fsp3) is 0.780. The molecule has 1 saturated heterocycles. The van der Waals surface area contributed by atoms with Crippen molar-refractivity contribution in [3.8, 4) is 11.5 Å². The van der Waals surface area contributed by atoms with Crippen molar-refractivity contribution in [2.45, 2.75) is 145 Å². The molecule has 1 aromatic rings. The fourth-order valence-electron chi connectivity index (χ4n) is 13.6. The zero-order valence-corrected chi connectivity index (χ0v) is 30.8. The third kappa shape index (κ3) is 4.44. The van der Waals surface area contributed by atoms with E-state index in [-0.39, 0.29) is 61.1 Å². The maximum absolute atomic E-state index is 14.8. The highest BCUT2D eigenvalue weighted by atomic mass is 16.6. The average molecular weight is 711 g/mol. The first-order valence-corrected chi connectivity index (χ1v) is 19.5. The normalized spacial score (nSPS) is 51.5. The third-order valence-corrected chi connectivity index (χ3v) is 16.4. The molecule has 4 saturated carbocycles. The number of hydrogen-bond donors (Lipinski definition) is 7. The van der Waals surface area contributed by atoms with Crippen LogP contribution in [-0.2, 0) is 20.7 Å². The smallest absolute Gasteiger partial charge is 0.160 e.